The highest BCUT2D eigenvalue weighted by molar-refractivity contribution is 6.31. The van der Waals surface area contributed by atoms with Gasteiger partial charge in [-0.15, -0.1) is 0 Å². The summed E-state index contributed by atoms with van der Waals surface area (Å²) >= 11 is 6.03. The van der Waals surface area contributed by atoms with Crippen molar-refractivity contribution in [2.75, 3.05) is 6.54 Å². The summed E-state index contributed by atoms with van der Waals surface area (Å²) < 4.78 is 0. The van der Waals surface area contributed by atoms with Crippen molar-refractivity contribution in [3.05, 3.63) is 34.3 Å². The Bertz CT molecular complexity index is 328. The summed E-state index contributed by atoms with van der Waals surface area (Å²) in [6.07, 6.45) is 1.43. The van der Waals surface area contributed by atoms with Crippen LogP contribution in [0.5, 0.6) is 0 Å². The average molecular weight is 242 g/mol. The number of halogens is 1. The third-order valence-corrected chi connectivity index (χ3v) is 3.10. The van der Waals surface area contributed by atoms with Gasteiger partial charge in [-0.2, -0.15) is 0 Å². The average Bonchev–Trinajstić information content (AvgIpc) is 2.28. The lowest BCUT2D eigenvalue weighted by atomic mass is 10.1. The van der Waals surface area contributed by atoms with Gasteiger partial charge >= 0.3 is 0 Å². The fourth-order valence-electron chi connectivity index (χ4n) is 1.45. The standard InChI is InChI=1S/C13H20ClNO/c1-3-12(16)6-7-15-9-11-5-4-10(2)13(14)8-11/h4-5,8,12,15-16H,3,6-7,9H2,1-2H3. The maximum absolute atomic E-state index is 9.37. The van der Waals surface area contributed by atoms with Crippen LogP contribution in [0, 0.1) is 6.92 Å². The number of hydrogen-bond acceptors (Lipinski definition) is 2. The first-order valence-electron chi connectivity index (χ1n) is 5.77. The summed E-state index contributed by atoms with van der Waals surface area (Å²) in [6.45, 7) is 5.62. The molecule has 0 aliphatic rings. The molecule has 2 nitrogen and oxygen atoms in total. The van der Waals surface area contributed by atoms with Crippen molar-refractivity contribution in [3.8, 4) is 0 Å². The zero-order valence-corrected chi connectivity index (χ0v) is 10.7. The monoisotopic (exact) mass is 241 g/mol. The summed E-state index contributed by atoms with van der Waals surface area (Å²) in [5.41, 5.74) is 2.29. The molecule has 2 N–H and O–H groups in total. The van der Waals surface area contributed by atoms with Gasteiger partial charge in [-0.05, 0) is 43.5 Å². The van der Waals surface area contributed by atoms with E-state index in [0.717, 1.165) is 36.5 Å². The maximum atomic E-state index is 9.37. The molecule has 0 radical (unpaired) electrons. The minimum Gasteiger partial charge on any atom is -0.393 e. The van der Waals surface area contributed by atoms with Gasteiger partial charge in [0.15, 0.2) is 0 Å². The van der Waals surface area contributed by atoms with Gasteiger partial charge in [0.1, 0.15) is 0 Å². The van der Waals surface area contributed by atoms with Crippen molar-refractivity contribution in [3.63, 3.8) is 0 Å². The minimum atomic E-state index is -0.186. The number of rotatable bonds is 6. The van der Waals surface area contributed by atoms with Gasteiger partial charge in [-0.1, -0.05) is 30.7 Å². The van der Waals surface area contributed by atoms with Gasteiger partial charge in [0, 0.05) is 11.6 Å². The Labute approximate surface area is 103 Å². The molecule has 1 atom stereocenters. The first-order valence-corrected chi connectivity index (χ1v) is 6.15. The lowest BCUT2D eigenvalue weighted by Crippen LogP contribution is -2.19. The van der Waals surface area contributed by atoms with E-state index in [9.17, 15) is 5.11 Å². The van der Waals surface area contributed by atoms with Gasteiger partial charge in [0.25, 0.3) is 0 Å². The maximum Gasteiger partial charge on any atom is 0.0549 e. The molecule has 1 unspecified atom stereocenters. The Hall–Kier alpha value is -0.570. The Morgan fingerprint density at radius 1 is 1.44 bits per heavy atom. The normalized spacial score (nSPS) is 12.8. The Morgan fingerprint density at radius 2 is 2.19 bits per heavy atom. The quantitative estimate of drug-likeness (QED) is 0.751. The van der Waals surface area contributed by atoms with Crippen LogP contribution in [0.15, 0.2) is 18.2 Å². The van der Waals surface area contributed by atoms with Crippen LogP contribution in [0.3, 0.4) is 0 Å². The number of hydrogen-bond donors (Lipinski definition) is 2. The molecule has 1 aromatic rings. The third-order valence-electron chi connectivity index (χ3n) is 2.69. The van der Waals surface area contributed by atoms with E-state index in [0.29, 0.717) is 0 Å². The fourth-order valence-corrected chi connectivity index (χ4v) is 1.65. The van der Waals surface area contributed by atoms with E-state index >= 15 is 0 Å². The van der Waals surface area contributed by atoms with E-state index in [-0.39, 0.29) is 6.10 Å². The second-order valence-corrected chi connectivity index (χ2v) is 4.52. The number of aliphatic hydroxyl groups is 1. The highest BCUT2D eigenvalue weighted by atomic mass is 35.5. The van der Waals surface area contributed by atoms with Crippen molar-refractivity contribution >= 4 is 11.6 Å². The van der Waals surface area contributed by atoms with Crippen LogP contribution in [0.2, 0.25) is 5.02 Å². The van der Waals surface area contributed by atoms with Crippen molar-refractivity contribution in [1.82, 2.24) is 5.32 Å². The molecule has 0 aromatic heterocycles. The Morgan fingerprint density at radius 3 is 2.81 bits per heavy atom. The fraction of sp³-hybridized carbons (Fsp3) is 0.538. The molecule has 16 heavy (non-hydrogen) atoms. The first kappa shape index (κ1) is 13.5. The number of benzene rings is 1. The largest absolute Gasteiger partial charge is 0.393 e. The number of nitrogens with one attached hydrogen (secondary N) is 1. The van der Waals surface area contributed by atoms with E-state index in [1.165, 1.54) is 5.56 Å². The van der Waals surface area contributed by atoms with Crippen LogP contribution in [-0.4, -0.2) is 17.8 Å². The minimum absolute atomic E-state index is 0.186. The molecule has 0 fully saturated rings. The number of aliphatic hydroxyl groups excluding tert-OH is 1. The summed E-state index contributed by atoms with van der Waals surface area (Å²) in [5.74, 6) is 0. The van der Waals surface area contributed by atoms with Gasteiger partial charge < -0.3 is 10.4 Å². The Balaban J connectivity index is 2.29. The molecular formula is C13H20ClNO. The second-order valence-electron chi connectivity index (χ2n) is 4.11. The van der Waals surface area contributed by atoms with Crippen LogP contribution in [0.4, 0.5) is 0 Å². The molecule has 0 heterocycles. The summed E-state index contributed by atoms with van der Waals surface area (Å²) in [6, 6.07) is 6.09. The third kappa shape index (κ3) is 4.52. The van der Waals surface area contributed by atoms with E-state index in [2.05, 4.69) is 11.4 Å². The second kappa shape index (κ2) is 6.89. The van der Waals surface area contributed by atoms with Crippen molar-refractivity contribution < 1.29 is 5.11 Å². The van der Waals surface area contributed by atoms with Crippen molar-refractivity contribution in [2.45, 2.75) is 39.3 Å². The molecule has 0 spiro atoms. The highest BCUT2D eigenvalue weighted by Gasteiger charge is 2.00. The van der Waals surface area contributed by atoms with Crippen molar-refractivity contribution in [1.29, 1.82) is 0 Å². The topological polar surface area (TPSA) is 32.3 Å². The van der Waals surface area contributed by atoms with Gasteiger partial charge in [0.2, 0.25) is 0 Å². The molecule has 0 aliphatic carbocycles. The zero-order valence-electron chi connectivity index (χ0n) is 9.96. The van der Waals surface area contributed by atoms with Crippen LogP contribution in [0.1, 0.15) is 30.9 Å². The van der Waals surface area contributed by atoms with E-state index < -0.39 is 0 Å². The molecule has 90 valence electrons. The van der Waals surface area contributed by atoms with Crippen LogP contribution < -0.4 is 5.32 Å². The lowest BCUT2D eigenvalue weighted by Gasteiger charge is -2.09. The number of aryl methyl sites for hydroxylation is 1. The molecule has 3 heteroatoms. The highest BCUT2D eigenvalue weighted by Crippen LogP contribution is 2.16. The SMILES string of the molecule is CCC(O)CCNCc1ccc(C)c(Cl)c1. The first-order chi connectivity index (χ1) is 7.63. The van der Waals surface area contributed by atoms with Crippen LogP contribution >= 0.6 is 11.6 Å². The Kier molecular flexibility index (Phi) is 5.81. The molecule has 1 aromatic carbocycles. The lowest BCUT2D eigenvalue weighted by molar-refractivity contribution is 0.159. The van der Waals surface area contributed by atoms with Crippen LogP contribution in [0.25, 0.3) is 0 Å². The smallest absolute Gasteiger partial charge is 0.0549 e. The molecule has 0 amide bonds. The molecule has 0 bridgehead atoms. The molecule has 0 aliphatic heterocycles. The zero-order chi connectivity index (χ0) is 12.0. The molecule has 1 rings (SSSR count). The van der Waals surface area contributed by atoms with E-state index in [1.807, 2.05) is 26.0 Å². The van der Waals surface area contributed by atoms with E-state index in [4.69, 9.17) is 11.6 Å². The molecular weight excluding hydrogens is 222 g/mol. The molecule has 0 saturated heterocycles. The summed E-state index contributed by atoms with van der Waals surface area (Å²) in [4.78, 5) is 0. The summed E-state index contributed by atoms with van der Waals surface area (Å²) in [7, 11) is 0. The van der Waals surface area contributed by atoms with Crippen LogP contribution in [-0.2, 0) is 6.54 Å². The molecule has 0 saturated carbocycles. The summed E-state index contributed by atoms with van der Waals surface area (Å²) in [5, 5.41) is 13.5. The van der Waals surface area contributed by atoms with Gasteiger partial charge in [-0.3, -0.25) is 0 Å². The van der Waals surface area contributed by atoms with Crippen molar-refractivity contribution in [2.24, 2.45) is 0 Å². The van der Waals surface area contributed by atoms with E-state index in [1.54, 1.807) is 0 Å². The van der Waals surface area contributed by atoms with Gasteiger partial charge in [-0.25, -0.2) is 0 Å². The predicted octanol–water partition coefficient (Wildman–Crippen LogP) is 2.90. The van der Waals surface area contributed by atoms with Gasteiger partial charge in [0.05, 0.1) is 6.10 Å². The predicted molar refractivity (Wildman–Crippen MR) is 68.8 cm³/mol.